The van der Waals surface area contributed by atoms with Crippen LogP contribution in [0.4, 0.5) is 17.6 Å². The Morgan fingerprint density at radius 1 is 1.15 bits per heavy atom. The maximum absolute atomic E-state index is 14.6. The zero-order chi connectivity index (χ0) is 34.3. The van der Waals surface area contributed by atoms with E-state index in [1.807, 2.05) is 27.7 Å². The van der Waals surface area contributed by atoms with Crippen LogP contribution in [-0.2, 0) is 23.2 Å². The first-order valence-electron chi connectivity index (χ1n) is 15.8. The molecule has 11 nitrogen and oxygen atoms in total. The van der Waals surface area contributed by atoms with E-state index < -0.39 is 42.8 Å². The molecule has 0 spiro atoms. The normalized spacial score (nSPS) is 17.4. The summed E-state index contributed by atoms with van der Waals surface area (Å²) in [6.45, 7) is 9.72. The van der Waals surface area contributed by atoms with Crippen molar-refractivity contribution in [3.05, 3.63) is 60.3 Å². The standard InChI is InChI=1S/C32H37F4N9O2Si/c1-48(2,3)15-14-47-21-43-13-7-25-27(39-20-40-29(25)43)22-16-41-45(17-22)31(8-9-37)18-44(19-31)23-5-11-42(12-6-23)30(46)24-4-10-38-28(26(24)33)32(34,35)36/h4,7,10,13,16-17,20,23H,5-6,8,11-12,14-15,18-19,21H2,1-3H3. The van der Waals surface area contributed by atoms with Gasteiger partial charge in [-0.1, -0.05) is 19.6 Å². The summed E-state index contributed by atoms with van der Waals surface area (Å²) in [5.74, 6) is -2.43. The number of pyridine rings is 1. The Morgan fingerprint density at radius 3 is 2.58 bits per heavy atom. The Labute approximate surface area is 276 Å². The van der Waals surface area contributed by atoms with Gasteiger partial charge in [0.2, 0.25) is 0 Å². The van der Waals surface area contributed by atoms with Crippen molar-refractivity contribution in [2.75, 3.05) is 32.8 Å². The largest absolute Gasteiger partial charge is 0.436 e. The van der Waals surface area contributed by atoms with E-state index >= 15 is 0 Å². The number of carbonyl (C=O) groups is 1. The molecule has 0 unspecified atom stereocenters. The second kappa shape index (κ2) is 13.0. The molecule has 0 saturated carbocycles. The number of ether oxygens (including phenoxy) is 1. The molecular weight excluding hydrogens is 646 g/mol. The van der Waals surface area contributed by atoms with Crippen LogP contribution in [0.2, 0.25) is 25.7 Å². The Hall–Kier alpha value is -4.20. The van der Waals surface area contributed by atoms with E-state index in [0.29, 0.717) is 39.3 Å². The van der Waals surface area contributed by atoms with Crippen molar-refractivity contribution in [1.82, 2.24) is 39.1 Å². The van der Waals surface area contributed by atoms with Gasteiger partial charge in [-0.15, -0.1) is 0 Å². The topological polar surface area (TPSA) is 118 Å². The van der Waals surface area contributed by atoms with Gasteiger partial charge in [0.25, 0.3) is 5.91 Å². The van der Waals surface area contributed by atoms with Gasteiger partial charge >= 0.3 is 6.18 Å². The van der Waals surface area contributed by atoms with Crippen LogP contribution in [0, 0.1) is 17.1 Å². The van der Waals surface area contributed by atoms with Crippen molar-refractivity contribution >= 4 is 25.0 Å². The maximum Gasteiger partial charge on any atom is 0.436 e. The summed E-state index contributed by atoms with van der Waals surface area (Å²) in [6.07, 6.45) is 4.31. The zero-order valence-corrected chi connectivity index (χ0v) is 28.0. The Bertz CT molecular complexity index is 1830. The van der Waals surface area contributed by atoms with E-state index in [2.05, 4.69) is 50.7 Å². The van der Waals surface area contributed by atoms with Crippen molar-refractivity contribution in [2.45, 2.75) is 69.4 Å². The number of nitriles is 1. The molecule has 1 amide bonds. The number of carbonyl (C=O) groups excluding carboxylic acids is 1. The number of alkyl halides is 3. The minimum Gasteiger partial charge on any atom is -0.361 e. The maximum atomic E-state index is 14.6. The Balaban J connectivity index is 1.10. The monoisotopic (exact) mass is 683 g/mol. The average molecular weight is 684 g/mol. The zero-order valence-electron chi connectivity index (χ0n) is 27.0. The molecule has 6 rings (SSSR count). The molecule has 4 aromatic rings. The molecule has 4 aromatic heterocycles. The minimum atomic E-state index is -4.99. The summed E-state index contributed by atoms with van der Waals surface area (Å²) >= 11 is 0. The van der Waals surface area contributed by atoms with Crippen LogP contribution in [0.5, 0.6) is 0 Å². The summed E-state index contributed by atoms with van der Waals surface area (Å²) in [5.41, 5.74) is -0.569. The lowest BCUT2D eigenvalue weighted by Crippen LogP contribution is -2.66. The van der Waals surface area contributed by atoms with Crippen LogP contribution in [0.15, 0.2) is 43.2 Å². The van der Waals surface area contributed by atoms with E-state index in [4.69, 9.17) is 4.74 Å². The number of rotatable bonds is 10. The lowest BCUT2D eigenvalue weighted by atomic mass is 9.83. The minimum absolute atomic E-state index is 0.0955. The summed E-state index contributed by atoms with van der Waals surface area (Å²) in [6, 6.07) is 6.43. The van der Waals surface area contributed by atoms with Gasteiger partial charge in [0.05, 0.1) is 29.9 Å². The van der Waals surface area contributed by atoms with Gasteiger partial charge in [-0.25, -0.2) is 19.3 Å². The molecule has 2 fully saturated rings. The number of piperidine rings is 1. The smallest absolute Gasteiger partial charge is 0.361 e. The lowest BCUT2D eigenvalue weighted by Gasteiger charge is -2.53. The fraction of sp³-hybridized carbons (Fsp3) is 0.500. The molecule has 254 valence electrons. The van der Waals surface area contributed by atoms with Gasteiger partial charge in [-0.05, 0) is 31.0 Å². The van der Waals surface area contributed by atoms with Gasteiger partial charge in [-0.3, -0.25) is 14.4 Å². The highest BCUT2D eigenvalue weighted by Crippen LogP contribution is 2.38. The number of hydrogen-bond donors (Lipinski definition) is 0. The summed E-state index contributed by atoms with van der Waals surface area (Å²) in [4.78, 5) is 28.7. The molecule has 0 N–H and O–H groups in total. The number of likely N-dealkylation sites (tertiary alicyclic amines) is 2. The molecule has 2 saturated heterocycles. The van der Waals surface area contributed by atoms with Crippen LogP contribution in [0.25, 0.3) is 22.3 Å². The predicted molar refractivity (Wildman–Crippen MR) is 171 cm³/mol. The number of nitrogens with zero attached hydrogens (tertiary/aromatic N) is 9. The highest BCUT2D eigenvalue weighted by atomic mass is 28.3. The summed E-state index contributed by atoms with van der Waals surface area (Å²) in [5, 5.41) is 15.3. The van der Waals surface area contributed by atoms with E-state index in [1.165, 1.54) is 11.2 Å². The Morgan fingerprint density at radius 2 is 1.90 bits per heavy atom. The van der Waals surface area contributed by atoms with E-state index in [1.54, 1.807) is 6.20 Å². The first-order chi connectivity index (χ1) is 22.8. The number of fused-ring (bicyclic) bond motifs is 1. The second-order valence-corrected chi connectivity index (χ2v) is 19.4. The van der Waals surface area contributed by atoms with Gasteiger partial charge in [0.1, 0.15) is 24.2 Å². The molecule has 6 heterocycles. The molecule has 2 aliphatic rings. The van der Waals surface area contributed by atoms with E-state index in [9.17, 15) is 27.6 Å². The lowest BCUT2D eigenvalue weighted by molar-refractivity contribution is -0.143. The third-order valence-electron chi connectivity index (χ3n) is 9.18. The van der Waals surface area contributed by atoms with Crippen molar-refractivity contribution in [3.8, 4) is 17.3 Å². The van der Waals surface area contributed by atoms with Crippen molar-refractivity contribution < 1.29 is 27.1 Å². The van der Waals surface area contributed by atoms with Crippen LogP contribution in [-0.4, -0.2) is 91.9 Å². The number of aromatic nitrogens is 6. The third-order valence-corrected chi connectivity index (χ3v) is 10.9. The van der Waals surface area contributed by atoms with Crippen molar-refractivity contribution in [3.63, 3.8) is 0 Å². The van der Waals surface area contributed by atoms with Crippen LogP contribution in [0.1, 0.15) is 35.3 Å². The highest BCUT2D eigenvalue weighted by Gasteiger charge is 2.48. The molecule has 0 atom stereocenters. The first-order valence-corrected chi connectivity index (χ1v) is 19.6. The molecule has 0 bridgehead atoms. The fourth-order valence-electron chi connectivity index (χ4n) is 6.45. The van der Waals surface area contributed by atoms with Crippen LogP contribution < -0.4 is 0 Å². The van der Waals surface area contributed by atoms with Gasteiger partial charge in [0.15, 0.2) is 11.5 Å². The fourth-order valence-corrected chi connectivity index (χ4v) is 7.20. The number of hydrogen-bond acceptors (Lipinski definition) is 8. The quantitative estimate of drug-likeness (QED) is 0.124. The van der Waals surface area contributed by atoms with Gasteiger partial charge in [0, 0.05) is 76.4 Å². The van der Waals surface area contributed by atoms with E-state index in [-0.39, 0.29) is 25.6 Å². The van der Waals surface area contributed by atoms with Crippen molar-refractivity contribution in [2.24, 2.45) is 0 Å². The predicted octanol–water partition coefficient (Wildman–Crippen LogP) is 5.39. The van der Waals surface area contributed by atoms with Crippen LogP contribution >= 0.6 is 0 Å². The number of halogens is 4. The van der Waals surface area contributed by atoms with Gasteiger partial charge in [-0.2, -0.15) is 23.5 Å². The molecule has 0 radical (unpaired) electrons. The highest BCUT2D eigenvalue weighted by molar-refractivity contribution is 6.76. The SMILES string of the molecule is C[Si](C)(C)CCOCn1ccc2c(-c3cnn(C4(CC#N)CN(C5CCN(C(=O)c6ccnc(C(F)(F)F)c6F)CC5)C4)c3)ncnc21. The average Bonchev–Trinajstić information content (AvgIpc) is 3.68. The molecule has 2 aliphatic heterocycles. The van der Waals surface area contributed by atoms with Crippen molar-refractivity contribution in [1.29, 1.82) is 5.26 Å². The second-order valence-electron chi connectivity index (χ2n) is 13.8. The van der Waals surface area contributed by atoms with Crippen LogP contribution in [0.3, 0.4) is 0 Å². The summed E-state index contributed by atoms with van der Waals surface area (Å²) < 4.78 is 63.6. The molecular formula is C32H37F4N9O2Si. The third kappa shape index (κ3) is 6.71. The molecule has 16 heteroatoms. The molecule has 0 aliphatic carbocycles. The first kappa shape index (κ1) is 33.7. The molecule has 48 heavy (non-hydrogen) atoms. The number of amides is 1. The molecule has 0 aromatic carbocycles. The van der Waals surface area contributed by atoms with Gasteiger partial charge < -0.3 is 14.2 Å². The Kier molecular flexibility index (Phi) is 9.13. The van der Waals surface area contributed by atoms with E-state index in [0.717, 1.165) is 40.6 Å². The summed E-state index contributed by atoms with van der Waals surface area (Å²) in [7, 11) is -1.19.